The minimum absolute atomic E-state index is 0.0662. The molecule has 0 radical (unpaired) electrons. The molecule has 0 heterocycles. The van der Waals surface area contributed by atoms with Crippen LogP contribution in [-0.4, -0.2) is 17.9 Å². The summed E-state index contributed by atoms with van der Waals surface area (Å²) in [5.41, 5.74) is 0. The summed E-state index contributed by atoms with van der Waals surface area (Å²) in [5.74, 6) is -0.513. The molecule has 3 nitrogen and oxygen atoms in total. The summed E-state index contributed by atoms with van der Waals surface area (Å²) in [7, 11) is 0. The van der Waals surface area contributed by atoms with Crippen molar-refractivity contribution < 1.29 is 14.3 Å². The van der Waals surface area contributed by atoms with Crippen molar-refractivity contribution in [1.29, 1.82) is 0 Å². The van der Waals surface area contributed by atoms with E-state index in [1.165, 1.54) is 103 Å². The average molecular weight is 383 g/mol. The molecule has 0 amide bonds. The number of hydrogen-bond acceptors (Lipinski definition) is 3. The van der Waals surface area contributed by atoms with Crippen molar-refractivity contribution in [2.75, 3.05) is 0 Å². The number of carbonyl (C=O) groups is 2. The number of ether oxygens (including phenoxy) is 1. The molecule has 1 atom stereocenters. The van der Waals surface area contributed by atoms with Crippen LogP contribution < -0.4 is 0 Å². The molecule has 3 heteroatoms. The molecule has 0 aliphatic rings. The van der Waals surface area contributed by atoms with Crippen molar-refractivity contribution in [1.82, 2.24) is 0 Å². The third-order valence-electron chi connectivity index (χ3n) is 5.19. The Morgan fingerprint density at radius 2 is 1.04 bits per heavy atom. The van der Waals surface area contributed by atoms with Crippen molar-refractivity contribution in [3.8, 4) is 0 Å². The molecule has 0 aromatic heterocycles. The minimum atomic E-state index is -0.383. The molecular weight excluding hydrogens is 336 g/mol. The Bertz CT molecular complexity index is 352. The number of hydrogen-bond donors (Lipinski definition) is 0. The molecule has 0 aliphatic carbocycles. The number of Topliss-reactive ketones (excluding diaryl/α,β-unsaturated/α-hetero) is 1. The van der Waals surface area contributed by atoms with Crippen LogP contribution in [0.3, 0.4) is 0 Å². The quantitative estimate of drug-likeness (QED) is 0.124. The van der Waals surface area contributed by atoms with Gasteiger partial charge >= 0.3 is 5.97 Å². The van der Waals surface area contributed by atoms with Crippen LogP contribution >= 0.6 is 0 Å². The van der Waals surface area contributed by atoms with E-state index in [2.05, 4.69) is 6.92 Å². The van der Waals surface area contributed by atoms with Crippen LogP contribution in [0.2, 0.25) is 0 Å². The predicted molar refractivity (Wildman–Crippen MR) is 115 cm³/mol. The fourth-order valence-corrected chi connectivity index (χ4v) is 3.51. The first kappa shape index (κ1) is 26.1. The van der Waals surface area contributed by atoms with Crippen molar-refractivity contribution >= 4 is 11.8 Å². The van der Waals surface area contributed by atoms with E-state index in [1.807, 2.05) is 6.92 Å². The lowest BCUT2D eigenvalue weighted by atomic mass is 10.0. The minimum Gasteiger partial charge on any atom is -0.462 e. The Morgan fingerprint density at radius 1 is 0.667 bits per heavy atom. The zero-order valence-corrected chi connectivity index (χ0v) is 18.5. The second-order valence-corrected chi connectivity index (χ2v) is 8.27. The number of carbonyl (C=O) groups excluding carboxylic acids is 2. The molecule has 0 rings (SSSR count). The van der Waals surface area contributed by atoms with Gasteiger partial charge in [0.1, 0.15) is 12.2 Å². The summed E-state index contributed by atoms with van der Waals surface area (Å²) >= 11 is 0. The van der Waals surface area contributed by atoms with Crippen LogP contribution in [0.4, 0.5) is 0 Å². The van der Waals surface area contributed by atoms with E-state index in [0.717, 1.165) is 12.8 Å². The first-order valence-electron chi connectivity index (χ1n) is 11.7. The molecule has 0 saturated carbocycles. The van der Waals surface area contributed by atoms with Gasteiger partial charge in [-0.25, -0.2) is 0 Å². The Hall–Kier alpha value is -0.860. The lowest BCUT2D eigenvalue weighted by Gasteiger charge is -2.12. The number of unbranched alkanes of at least 4 members (excludes halogenated alkanes) is 15. The van der Waals surface area contributed by atoms with E-state index < -0.39 is 0 Å². The highest BCUT2D eigenvalue weighted by Gasteiger charge is 2.11. The first-order valence-corrected chi connectivity index (χ1v) is 11.7. The first-order chi connectivity index (χ1) is 13.1. The molecule has 0 bridgehead atoms. The van der Waals surface area contributed by atoms with Gasteiger partial charge in [0.15, 0.2) is 0 Å². The number of ketones is 1. The molecule has 0 spiro atoms. The topological polar surface area (TPSA) is 43.4 Å². The largest absolute Gasteiger partial charge is 0.462 e. The molecule has 0 aliphatic heterocycles. The van der Waals surface area contributed by atoms with E-state index in [1.54, 1.807) is 0 Å². The maximum atomic E-state index is 11.4. The van der Waals surface area contributed by atoms with Gasteiger partial charge in [-0.3, -0.25) is 9.59 Å². The summed E-state index contributed by atoms with van der Waals surface area (Å²) in [6, 6.07) is 0. The summed E-state index contributed by atoms with van der Waals surface area (Å²) in [6.45, 7) is 5.62. The lowest BCUT2D eigenvalue weighted by Crippen LogP contribution is -2.16. The van der Waals surface area contributed by atoms with Crippen molar-refractivity contribution in [3.05, 3.63) is 0 Å². The lowest BCUT2D eigenvalue weighted by molar-refractivity contribution is -0.150. The molecule has 1 unspecified atom stereocenters. The van der Waals surface area contributed by atoms with Crippen LogP contribution in [0.15, 0.2) is 0 Å². The molecule has 0 aromatic rings. The Morgan fingerprint density at radius 3 is 1.41 bits per heavy atom. The fraction of sp³-hybridized carbons (Fsp3) is 0.917. The maximum absolute atomic E-state index is 11.4. The predicted octanol–water partition coefficient (Wildman–Crippen LogP) is 7.55. The summed E-state index contributed by atoms with van der Waals surface area (Å²) in [5, 5.41) is 0. The normalized spacial score (nSPS) is 12.1. The molecule has 0 fully saturated rings. The van der Waals surface area contributed by atoms with Gasteiger partial charge in [-0.1, -0.05) is 103 Å². The zero-order chi connectivity index (χ0) is 20.2. The maximum Gasteiger partial charge on any atom is 0.313 e. The van der Waals surface area contributed by atoms with Crippen LogP contribution in [0.25, 0.3) is 0 Å². The van der Waals surface area contributed by atoms with Gasteiger partial charge in [-0.05, 0) is 26.7 Å². The highest BCUT2D eigenvalue weighted by atomic mass is 16.5. The van der Waals surface area contributed by atoms with Gasteiger partial charge < -0.3 is 4.74 Å². The van der Waals surface area contributed by atoms with Crippen LogP contribution in [0.5, 0.6) is 0 Å². The molecule has 27 heavy (non-hydrogen) atoms. The molecule has 160 valence electrons. The molecule has 0 saturated heterocycles. The van der Waals surface area contributed by atoms with Crippen molar-refractivity contribution in [3.63, 3.8) is 0 Å². The Kier molecular flexibility index (Phi) is 19.3. The highest BCUT2D eigenvalue weighted by Crippen LogP contribution is 2.14. The average Bonchev–Trinajstić information content (AvgIpc) is 2.60. The van der Waals surface area contributed by atoms with E-state index in [4.69, 9.17) is 4.74 Å². The second kappa shape index (κ2) is 19.9. The standard InChI is InChI=1S/C24H46O3/c1-4-5-6-7-8-9-10-11-12-13-14-15-16-17-18-19-20-23(3)27-24(26)21-22(2)25/h23H,4-21H2,1-3H3. The highest BCUT2D eigenvalue weighted by molar-refractivity contribution is 5.94. The van der Waals surface area contributed by atoms with E-state index >= 15 is 0 Å². The van der Waals surface area contributed by atoms with Crippen LogP contribution in [-0.2, 0) is 14.3 Å². The van der Waals surface area contributed by atoms with E-state index in [9.17, 15) is 9.59 Å². The van der Waals surface area contributed by atoms with Gasteiger partial charge in [-0.2, -0.15) is 0 Å². The Balaban J connectivity index is 3.20. The molecule has 0 aromatic carbocycles. The van der Waals surface area contributed by atoms with E-state index in [0.29, 0.717) is 0 Å². The zero-order valence-electron chi connectivity index (χ0n) is 18.5. The third kappa shape index (κ3) is 21.3. The summed E-state index contributed by atoms with van der Waals surface area (Å²) in [4.78, 5) is 22.2. The molecule has 0 N–H and O–H groups in total. The Labute approximate surface area is 169 Å². The van der Waals surface area contributed by atoms with Gasteiger partial charge in [0.25, 0.3) is 0 Å². The van der Waals surface area contributed by atoms with Gasteiger partial charge in [0.2, 0.25) is 0 Å². The van der Waals surface area contributed by atoms with Crippen LogP contribution in [0, 0.1) is 0 Å². The SMILES string of the molecule is CCCCCCCCCCCCCCCCCCC(C)OC(=O)CC(C)=O. The second-order valence-electron chi connectivity index (χ2n) is 8.27. The third-order valence-corrected chi connectivity index (χ3v) is 5.19. The number of rotatable bonds is 20. The van der Waals surface area contributed by atoms with Gasteiger partial charge in [0, 0.05) is 0 Å². The smallest absolute Gasteiger partial charge is 0.313 e. The monoisotopic (exact) mass is 382 g/mol. The van der Waals surface area contributed by atoms with Crippen molar-refractivity contribution in [2.45, 2.75) is 142 Å². The van der Waals surface area contributed by atoms with Crippen molar-refractivity contribution in [2.24, 2.45) is 0 Å². The van der Waals surface area contributed by atoms with Crippen LogP contribution in [0.1, 0.15) is 136 Å². The van der Waals surface area contributed by atoms with Gasteiger partial charge in [-0.15, -0.1) is 0 Å². The van der Waals surface area contributed by atoms with Gasteiger partial charge in [0.05, 0.1) is 6.10 Å². The molecular formula is C24H46O3. The summed E-state index contributed by atoms with van der Waals surface area (Å²) < 4.78 is 5.23. The van der Waals surface area contributed by atoms with E-state index in [-0.39, 0.29) is 24.3 Å². The number of esters is 1. The summed E-state index contributed by atoms with van der Waals surface area (Å²) in [6.07, 6.45) is 22.6. The fourth-order valence-electron chi connectivity index (χ4n) is 3.51.